The number of aromatic nitrogens is 3. The summed E-state index contributed by atoms with van der Waals surface area (Å²) in [7, 11) is 3.14. The summed E-state index contributed by atoms with van der Waals surface area (Å²) in [4.78, 5) is 19.5. The molecule has 146 valence electrons. The fourth-order valence-corrected chi connectivity index (χ4v) is 3.07. The first-order valence-electron chi connectivity index (χ1n) is 8.62. The predicted molar refractivity (Wildman–Crippen MR) is 108 cm³/mol. The Kier molecular flexibility index (Phi) is 4.47. The van der Waals surface area contributed by atoms with Crippen molar-refractivity contribution >= 4 is 17.2 Å². The summed E-state index contributed by atoms with van der Waals surface area (Å²) in [6.45, 7) is 0. The number of non-ortho nitro benzene ring substituents is 1. The first-order chi connectivity index (χ1) is 14.0. The van der Waals surface area contributed by atoms with Gasteiger partial charge in [-0.1, -0.05) is 12.1 Å². The van der Waals surface area contributed by atoms with Crippen molar-refractivity contribution in [2.24, 2.45) is 0 Å². The first kappa shape index (κ1) is 18.2. The molecule has 29 heavy (non-hydrogen) atoms. The maximum Gasteiger partial charge on any atom is 0.270 e. The van der Waals surface area contributed by atoms with E-state index < -0.39 is 4.92 Å². The summed E-state index contributed by atoms with van der Waals surface area (Å²) >= 11 is 0. The molecule has 0 aliphatic heterocycles. The van der Waals surface area contributed by atoms with E-state index in [0.29, 0.717) is 34.1 Å². The van der Waals surface area contributed by atoms with E-state index in [1.54, 1.807) is 43.0 Å². The molecule has 2 N–H and O–H groups in total. The maximum absolute atomic E-state index is 11.0. The van der Waals surface area contributed by atoms with Crippen molar-refractivity contribution in [3.63, 3.8) is 0 Å². The second-order valence-electron chi connectivity index (χ2n) is 6.25. The summed E-state index contributed by atoms with van der Waals surface area (Å²) in [6.07, 6.45) is 3.55. The lowest BCUT2D eigenvalue weighted by atomic mass is 10.1. The first-order valence-corrected chi connectivity index (χ1v) is 8.62. The number of anilines is 1. The third-order valence-corrected chi connectivity index (χ3v) is 4.50. The van der Waals surface area contributed by atoms with Crippen LogP contribution < -0.4 is 15.2 Å². The van der Waals surface area contributed by atoms with E-state index in [9.17, 15) is 10.1 Å². The number of nitro benzene ring substituents is 1. The number of rotatable bonds is 5. The molecule has 2 heterocycles. The van der Waals surface area contributed by atoms with Crippen LogP contribution in [0.4, 0.5) is 11.5 Å². The third-order valence-electron chi connectivity index (χ3n) is 4.50. The average Bonchev–Trinajstić information content (AvgIpc) is 3.18. The van der Waals surface area contributed by atoms with Gasteiger partial charge in [-0.05, 0) is 18.2 Å². The molecule has 0 radical (unpaired) electrons. The van der Waals surface area contributed by atoms with Crippen molar-refractivity contribution in [2.45, 2.75) is 0 Å². The summed E-state index contributed by atoms with van der Waals surface area (Å²) in [5.41, 5.74) is 9.19. The molecule has 0 fully saturated rings. The van der Waals surface area contributed by atoms with E-state index in [1.807, 2.05) is 18.3 Å². The van der Waals surface area contributed by atoms with Crippen LogP contribution >= 0.6 is 0 Å². The van der Waals surface area contributed by atoms with Crippen LogP contribution in [0, 0.1) is 10.1 Å². The van der Waals surface area contributed by atoms with Gasteiger partial charge in [0, 0.05) is 35.7 Å². The molecule has 4 aromatic rings. The lowest BCUT2D eigenvalue weighted by molar-refractivity contribution is -0.384. The van der Waals surface area contributed by atoms with Gasteiger partial charge in [0.2, 0.25) is 0 Å². The summed E-state index contributed by atoms with van der Waals surface area (Å²) in [6, 6.07) is 11.7. The van der Waals surface area contributed by atoms with Gasteiger partial charge in [-0.3, -0.25) is 10.1 Å². The van der Waals surface area contributed by atoms with Gasteiger partial charge in [0.15, 0.2) is 23.0 Å². The summed E-state index contributed by atoms with van der Waals surface area (Å²) < 4.78 is 12.4. The molecule has 9 nitrogen and oxygen atoms in total. The van der Waals surface area contributed by atoms with Gasteiger partial charge in [-0.2, -0.15) is 0 Å². The molecule has 0 spiro atoms. The Labute approximate surface area is 165 Å². The van der Waals surface area contributed by atoms with E-state index in [2.05, 4.69) is 9.97 Å². The monoisotopic (exact) mass is 391 g/mol. The smallest absolute Gasteiger partial charge is 0.270 e. The normalized spacial score (nSPS) is 10.8. The van der Waals surface area contributed by atoms with E-state index in [-0.39, 0.29) is 11.5 Å². The van der Waals surface area contributed by atoms with Crippen molar-refractivity contribution in [2.75, 3.05) is 20.0 Å². The van der Waals surface area contributed by atoms with Crippen LogP contribution in [0.3, 0.4) is 0 Å². The van der Waals surface area contributed by atoms with Crippen molar-refractivity contribution in [3.05, 3.63) is 65.0 Å². The van der Waals surface area contributed by atoms with E-state index in [1.165, 1.54) is 12.1 Å². The predicted octanol–water partition coefficient (Wildman–Crippen LogP) is 3.57. The molecule has 0 saturated carbocycles. The Morgan fingerprint density at radius 1 is 0.966 bits per heavy atom. The minimum atomic E-state index is -0.447. The second kappa shape index (κ2) is 7.12. The minimum absolute atomic E-state index is 0.0142. The van der Waals surface area contributed by atoms with E-state index in [4.69, 9.17) is 15.2 Å². The number of ether oxygens (including phenoxy) is 2. The van der Waals surface area contributed by atoms with Crippen LogP contribution in [0.25, 0.3) is 28.2 Å². The van der Waals surface area contributed by atoms with Crippen LogP contribution in [0.15, 0.2) is 54.9 Å². The van der Waals surface area contributed by atoms with Crippen LogP contribution in [-0.2, 0) is 0 Å². The van der Waals surface area contributed by atoms with Gasteiger partial charge in [-0.15, -0.1) is 0 Å². The fourth-order valence-electron chi connectivity index (χ4n) is 3.07. The number of nitrogens with two attached hydrogens (primary N) is 1. The Hall–Kier alpha value is -4.14. The van der Waals surface area contributed by atoms with E-state index >= 15 is 0 Å². The highest BCUT2D eigenvalue weighted by atomic mass is 16.6. The highest BCUT2D eigenvalue weighted by Crippen LogP contribution is 2.33. The lowest BCUT2D eigenvalue weighted by Crippen LogP contribution is -1.99. The van der Waals surface area contributed by atoms with Gasteiger partial charge in [0.1, 0.15) is 0 Å². The molecule has 0 atom stereocenters. The Balaban J connectivity index is 1.80. The zero-order chi connectivity index (χ0) is 20.5. The molecule has 0 bridgehead atoms. The Morgan fingerprint density at radius 2 is 1.66 bits per heavy atom. The highest BCUT2D eigenvalue weighted by molar-refractivity contribution is 5.73. The van der Waals surface area contributed by atoms with Gasteiger partial charge >= 0.3 is 0 Å². The summed E-state index contributed by atoms with van der Waals surface area (Å²) in [5.74, 6) is 1.43. The van der Waals surface area contributed by atoms with Gasteiger partial charge in [-0.25, -0.2) is 9.97 Å². The standard InChI is InChI=1S/C20H17N5O4/c1-28-17-7-6-13(9-18(17)29-2)16-11-24-10-15(22-19(21)20(24)23-16)12-4-3-5-14(8-12)25(26)27/h3-11H,1-2H3,(H2,21,22). The number of methoxy groups -OCH3 is 2. The van der Waals surface area contributed by atoms with Gasteiger partial charge in [0.05, 0.1) is 30.5 Å². The topological polar surface area (TPSA) is 118 Å². The highest BCUT2D eigenvalue weighted by Gasteiger charge is 2.14. The number of imidazole rings is 1. The Bertz CT molecular complexity index is 1240. The molecule has 0 aliphatic rings. The molecular formula is C20H17N5O4. The van der Waals surface area contributed by atoms with Crippen molar-refractivity contribution in [1.29, 1.82) is 0 Å². The zero-order valence-electron chi connectivity index (χ0n) is 15.7. The largest absolute Gasteiger partial charge is 0.493 e. The zero-order valence-corrected chi connectivity index (χ0v) is 15.7. The van der Waals surface area contributed by atoms with Crippen LogP contribution in [0.1, 0.15) is 0 Å². The molecule has 0 saturated heterocycles. The van der Waals surface area contributed by atoms with E-state index in [0.717, 1.165) is 5.56 Å². The number of benzene rings is 2. The van der Waals surface area contributed by atoms with Crippen LogP contribution in [0.2, 0.25) is 0 Å². The number of hydrogen-bond acceptors (Lipinski definition) is 7. The molecule has 0 aliphatic carbocycles. The fraction of sp³-hybridized carbons (Fsp3) is 0.100. The van der Waals surface area contributed by atoms with Crippen LogP contribution in [-0.4, -0.2) is 33.5 Å². The number of nitrogens with zero attached hydrogens (tertiary/aromatic N) is 4. The number of fused-ring (bicyclic) bond motifs is 1. The number of nitrogen functional groups attached to an aromatic ring is 1. The minimum Gasteiger partial charge on any atom is -0.493 e. The average molecular weight is 391 g/mol. The molecule has 0 unspecified atom stereocenters. The van der Waals surface area contributed by atoms with Gasteiger partial charge < -0.3 is 19.6 Å². The molecule has 2 aromatic heterocycles. The molecule has 4 rings (SSSR count). The van der Waals surface area contributed by atoms with Crippen molar-refractivity contribution in [3.8, 4) is 34.0 Å². The van der Waals surface area contributed by atoms with Crippen molar-refractivity contribution < 1.29 is 14.4 Å². The summed E-state index contributed by atoms with van der Waals surface area (Å²) in [5, 5.41) is 11.0. The molecule has 9 heteroatoms. The SMILES string of the molecule is COc1ccc(-c2cn3cc(-c4cccc([N+](=O)[O-])c4)nc(N)c3n2)cc1OC. The molecule has 0 amide bonds. The molecule has 2 aromatic carbocycles. The van der Waals surface area contributed by atoms with Crippen LogP contribution in [0.5, 0.6) is 11.5 Å². The number of hydrogen-bond donors (Lipinski definition) is 1. The quantitative estimate of drug-likeness (QED) is 0.408. The second-order valence-corrected chi connectivity index (χ2v) is 6.25. The van der Waals surface area contributed by atoms with Gasteiger partial charge in [0.25, 0.3) is 5.69 Å². The maximum atomic E-state index is 11.0. The molecular weight excluding hydrogens is 374 g/mol. The Morgan fingerprint density at radius 3 is 2.34 bits per heavy atom. The van der Waals surface area contributed by atoms with Crippen molar-refractivity contribution in [1.82, 2.24) is 14.4 Å². The number of nitro groups is 1. The lowest BCUT2D eigenvalue weighted by Gasteiger charge is -2.08. The third kappa shape index (κ3) is 3.29.